The van der Waals surface area contributed by atoms with Gasteiger partial charge in [0.2, 0.25) is 0 Å². The number of rotatable bonds is 3. The minimum Gasteiger partial charge on any atom is -0.454 e. The van der Waals surface area contributed by atoms with Crippen LogP contribution < -0.4 is 0 Å². The molecule has 6 heteroatoms. The molecule has 0 bridgehead atoms. The van der Waals surface area contributed by atoms with Crippen LogP contribution in [0.5, 0.6) is 0 Å². The van der Waals surface area contributed by atoms with Gasteiger partial charge in [0.1, 0.15) is 11.3 Å². The molecule has 124 valence electrons. The zero-order valence-corrected chi connectivity index (χ0v) is 14.2. The first kappa shape index (κ1) is 15.5. The van der Waals surface area contributed by atoms with Gasteiger partial charge in [0.15, 0.2) is 15.4 Å². The Labute approximate surface area is 144 Å². The Morgan fingerprint density at radius 1 is 0.960 bits per heavy atom. The second kappa shape index (κ2) is 5.82. The largest absolute Gasteiger partial charge is 0.454 e. The van der Waals surface area contributed by atoms with E-state index < -0.39 is 9.84 Å². The molecule has 0 atom stereocenters. The molecular formula is C19H14N2O3S. The quantitative estimate of drug-likeness (QED) is 0.559. The molecule has 0 spiro atoms. The molecule has 1 aromatic carbocycles. The third-order valence-corrected chi connectivity index (χ3v) is 5.04. The van der Waals surface area contributed by atoms with Crippen molar-refractivity contribution >= 4 is 20.9 Å². The first-order valence-corrected chi connectivity index (χ1v) is 9.51. The minimum absolute atomic E-state index is 0.272. The van der Waals surface area contributed by atoms with Crippen LogP contribution in [-0.2, 0) is 9.84 Å². The minimum atomic E-state index is -3.28. The van der Waals surface area contributed by atoms with Crippen molar-refractivity contribution in [3.8, 4) is 22.5 Å². The van der Waals surface area contributed by atoms with Crippen LogP contribution in [0.15, 0.2) is 76.4 Å². The van der Waals surface area contributed by atoms with Crippen molar-refractivity contribution in [3.05, 3.63) is 67.1 Å². The van der Waals surface area contributed by atoms with E-state index in [-0.39, 0.29) is 4.90 Å². The van der Waals surface area contributed by atoms with E-state index in [0.29, 0.717) is 16.9 Å². The van der Waals surface area contributed by atoms with E-state index in [2.05, 4.69) is 9.97 Å². The SMILES string of the molecule is CS(=O)(=O)c1cccc(-c2ccnc3cc(-c4cccnc4)oc23)c1. The molecule has 3 heterocycles. The van der Waals surface area contributed by atoms with Crippen LogP contribution >= 0.6 is 0 Å². The number of nitrogens with zero attached hydrogens (tertiary/aromatic N) is 2. The lowest BCUT2D eigenvalue weighted by Gasteiger charge is -2.05. The Morgan fingerprint density at radius 2 is 1.80 bits per heavy atom. The molecular weight excluding hydrogens is 336 g/mol. The van der Waals surface area contributed by atoms with E-state index in [0.717, 1.165) is 16.7 Å². The fraction of sp³-hybridized carbons (Fsp3) is 0.0526. The number of hydrogen-bond acceptors (Lipinski definition) is 5. The van der Waals surface area contributed by atoms with E-state index in [9.17, 15) is 8.42 Å². The molecule has 0 saturated carbocycles. The van der Waals surface area contributed by atoms with Gasteiger partial charge in [0.25, 0.3) is 0 Å². The van der Waals surface area contributed by atoms with Crippen LogP contribution in [0.2, 0.25) is 0 Å². The summed E-state index contributed by atoms with van der Waals surface area (Å²) >= 11 is 0. The van der Waals surface area contributed by atoms with Gasteiger partial charge in [-0.15, -0.1) is 0 Å². The van der Waals surface area contributed by atoms with Gasteiger partial charge in [-0.05, 0) is 35.9 Å². The topological polar surface area (TPSA) is 73.1 Å². The van der Waals surface area contributed by atoms with E-state index in [1.165, 1.54) is 6.26 Å². The summed E-state index contributed by atoms with van der Waals surface area (Å²) in [5, 5.41) is 0. The van der Waals surface area contributed by atoms with E-state index in [1.54, 1.807) is 36.8 Å². The van der Waals surface area contributed by atoms with Gasteiger partial charge in [-0.1, -0.05) is 12.1 Å². The van der Waals surface area contributed by atoms with Crippen molar-refractivity contribution in [2.24, 2.45) is 0 Å². The van der Waals surface area contributed by atoms with Gasteiger partial charge in [-0.25, -0.2) is 8.42 Å². The summed E-state index contributed by atoms with van der Waals surface area (Å²) < 4.78 is 29.7. The van der Waals surface area contributed by atoms with Crippen molar-refractivity contribution in [2.75, 3.05) is 6.26 Å². The van der Waals surface area contributed by atoms with Crippen LogP contribution in [-0.4, -0.2) is 24.6 Å². The molecule has 25 heavy (non-hydrogen) atoms. The smallest absolute Gasteiger partial charge is 0.175 e. The van der Waals surface area contributed by atoms with Crippen LogP contribution in [0.3, 0.4) is 0 Å². The van der Waals surface area contributed by atoms with Gasteiger partial charge in [0.05, 0.1) is 4.90 Å². The summed E-state index contributed by atoms with van der Waals surface area (Å²) in [5.41, 5.74) is 3.75. The van der Waals surface area contributed by atoms with Gasteiger partial charge >= 0.3 is 0 Å². The van der Waals surface area contributed by atoms with Gasteiger partial charge < -0.3 is 4.42 Å². The maximum Gasteiger partial charge on any atom is 0.175 e. The molecule has 0 aliphatic carbocycles. The molecule has 3 aromatic heterocycles. The fourth-order valence-corrected chi connectivity index (χ4v) is 3.38. The highest BCUT2D eigenvalue weighted by molar-refractivity contribution is 7.90. The highest BCUT2D eigenvalue weighted by atomic mass is 32.2. The first-order valence-electron chi connectivity index (χ1n) is 7.62. The predicted octanol–water partition coefficient (Wildman–Crippen LogP) is 3.96. The summed E-state index contributed by atoms with van der Waals surface area (Å²) in [5.74, 6) is 0.669. The number of fused-ring (bicyclic) bond motifs is 1. The monoisotopic (exact) mass is 350 g/mol. The van der Waals surface area contributed by atoms with Gasteiger partial charge in [-0.2, -0.15) is 0 Å². The Morgan fingerprint density at radius 3 is 2.56 bits per heavy atom. The van der Waals surface area contributed by atoms with Crippen molar-refractivity contribution < 1.29 is 12.8 Å². The molecule has 0 aliphatic rings. The number of benzene rings is 1. The van der Waals surface area contributed by atoms with Crippen molar-refractivity contribution in [1.29, 1.82) is 0 Å². The third kappa shape index (κ3) is 2.92. The number of sulfone groups is 1. The first-order chi connectivity index (χ1) is 12.0. The van der Waals surface area contributed by atoms with E-state index >= 15 is 0 Å². The number of aromatic nitrogens is 2. The number of hydrogen-bond donors (Lipinski definition) is 0. The lowest BCUT2D eigenvalue weighted by Crippen LogP contribution is -1.96. The van der Waals surface area contributed by atoms with Crippen molar-refractivity contribution in [2.45, 2.75) is 4.90 Å². The standard InChI is InChI=1S/C19H14N2O3S/c1-25(22,23)15-6-2-4-13(10-15)16-7-9-21-17-11-18(24-19(16)17)14-5-3-8-20-12-14/h2-12H,1H3. The Balaban J connectivity index is 1.90. The molecule has 0 fully saturated rings. The maximum atomic E-state index is 11.8. The number of furan rings is 1. The summed E-state index contributed by atoms with van der Waals surface area (Å²) in [6.07, 6.45) is 6.31. The summed E-state index contributed by atoms with van der Waals surface area (Å²) in [4.78, 5) is 8.73. The lowest BCUT2D eigenvalue weighted by molar-refractivity contribution is 0.602. The molecule has 4 rings (SSSR count). The van der Waals surface area contributed by atoms with Crippen molar-refractivity contribution in [1.82, 2.24) is 9.97 Å². The molecule has 0 N–H and O–H groups in total. The second-order valence-corrected chi connectivity index (χ2v) is 7.74. The second-order valence-electron chi connectivity index (χ2n) is 5.73. The van der Waals surface area contributed by atoms with Crippen LogP contribution in [0, 0.1) is 0 Å². The molecule has 0 radical (unpaired) electrons. The normalized spacial score (nSPS) is 11.7. The third-order valence-electron chi connectivity index (χ3n) is 3.93. The molecule has 5 nitrogen and oxygen atoms in total. The predicted molar refractivity (Wildman–Crippen MR) is 95.8 cm³/mol. The van der Waals surface area contributed by atoms with E-state index in [4.69, 9.17) is 4.42 Å². The van der Waals surface area contributed by atoms with Gasteiger partial charge in [0, 0.05) is 42.0 Å². The molecule has 0 amide bonds. The maximum absolute atomic E-state index is 11.8. The average Bonchev–Trinajstić information content (AvgIpc) is 3.06. The fourth-order valence-electron chi connectivity index (χ4n) is 2.71. The van der Waals surface area contributed by atoms with E-state index in [1.807, 2.05) is 30.3 Å². The number of pyridine rings is 2. The Hall–Kier alpha value is -2.99. The Bertz CT molecular complexity index is 1170. The van der Waals surface area contributed by atoms with Crippen LogP contribution in [0.4, 0.5) is 0 Å². The Kier molecular flexibility index (Phi) is 3.62. The average molecular weight is 350 g/mol. The van der Waals surface area contributed by atoms with Crippen LogP contribution in [0.25, 0.3) is 33.6 Å². The molecule has 0 unspecified atom stereocenters. The van der Waals surface area contributed by atoms with Crippen LogP contribution in [0.1, 0.15) is 0 Å². The highest BCUT2D eigenvalue weighted by Gasteiger charge is 2.14. The molecule has 0 saturated heterocycles. The zero-order valence-electron chi connectivity index (χ0n) is 13.4. The lowest BCUT2D eigenvalue weighted by atomic mass is 10.1. The summed E-state index contributed by atoms with van der Waals surface area (Å²) in [7, 11) is -3.28. The zero-order chi connectivity index (χ0) is 17.4. The summed E-state index contributed by atoms with van der Waals surface area (Å²) in [6, 6.07) is 14.2. The molecule has 0 aliphatic heterocycles. The van der Waals surface area contributed by atoms with Crippen molar-refractivity contribution in [3.63, 3.8) is 0 Å². The highest BCUT2D eigenvalue weighted by Crippen LogP contribution is 2.33. The van der Waals surface area contributed by atoms with Gasteiger partial charge in [-0.3, -0.25) is 9.97 Å². The summed E-state index contributed by atoms with van der Waals surface area (Å²) in [6.45, 7) is 0. The molecule has 4 aromatic rings.